The molecule has 2 aliphatic rings. The van der Waals surface area contributed by atoms with Crippen LogP contribution in [0, 0.1) is 5.41 Å². The maximum Gasteiger partial charge on any atom is 0.0725 e. The van der Waals surface area contributed by atoms with Gasteiger partial charge in [0, 0.05) is 0 Å². The van der Waals surface area contributed by atoms with Crippen LogP contribution < -0.4 is 0 Å². The van der Waals surface area contributed by atoms with Crippen molar-refractivity contribution in [2.45, 2.75) is 5.41 Å². The molecular weight excluding hydrogens is 735 g/mol. The van der Waals surface area contributed by atoms with Crippen molar-refractivity contribution >= 4 is 65.1 Å². The molecule has 11 aromatic carbocycles. The Balaban J connectivity index is 0.929. The third-order valence-corrected chi connectivity index (χ3v) is 13.8. The summed E-state index contributed by atoms with van der Waals surface area (Å²) in [7, 11) is 0. The summed E-state index contributed by atoms with van der Waals surface area (Å²) in [6.07, 6.45) is 3.98. The van der Waals surface area contributed by atoms with Crippen LogP contribution in [0.2, 0.25) is 0 Å². The molecule has 0 amide bonds. The number of benzene rings is 11. The van der Waals surface area contributed by atoms with Gasteiger partial charge in [0.1, 0.15) is 0 Å². The number of rotatable bonds is 5. The summed E-state index contributed by atoms with van der Waals surface area (Å²) in [5.74, 6) is 0. The van der Waals surface area contributed by atoms with Crippen LogP contribution in [-0.2, 0) is 5.41 Å². The zero-order valence-electron chi connectivity index (χ0n) is 33.3. The van der Waals surface area contributed by atoms with Crippen LogP contribution in [0.1, 0.15) is 33.4 Å². The predicted octanol–water partition coefficient (Wildman–Crippen LogP) is 15.5. The molecule has 1 N–H and O–H groups in total. The van der Waals surface area contributed by atoms with Gasteiger partial charge in [0.2, 0.25) is 0 Å². The summed E-state index contributed by atoms with van der Waals surface area (Å²) in [5.41, 5.74) is 15.5. The molecule has 0 saturated heterocycles. The Labute approximate surface area is 354 Å². The van der Waals surface area contributed by atoms with E-state index in [1.54, 1.807) is 0 Å². The lowest BCUT2D eigenvalue weighted by molar-refractivity contribution is 0.793. The standard InChI is InChI=1S/C60H37N/c1-36(25-32-55(61)39-30-31-46-45-17-8-11-24-53(45)60(54(46)35-39)51-22-9-6-15-43(51)44-16-7-10-23-52(44)60)56-47-18-2-4-20-49(47)59(50-21-5-3-19-48(50)56)42-33-40-28-26-37-13-12-14-38-27-29-41(34-42)58(40)57(37)38/h2-35,61H,1H2/b32-25-,61-55?. The first-order valence-corrected chi connectivity index (χ1v) is 21.1. The Morgan fingerprint density at radius 3 is 1.43 bits per heavy atom. The van der Waals surface area contributed by atoms with Gasteiger partial charge in [0.15, 0.2) is 0 Å². The summed E-state index contributed by atoms with van der Waals surface area (Å²) in [5, 5.41) is 22.0. The minimum atomic E-state index is -0.446. The first kappa shape index (κ1) is 34.0. The van der Waals surface area contributed by atoms with Crippen LogP contribution in [0.15, 0.2) is 213 Å². The molecule has 0 aliphatic heterocycles. The molecule has 1 spiro atoms. The van der Waals surface area contributed by atoms with Gasteiger partial charge >= 0.3 is 0 Å². The zero-order chi connectivity index (χ0) is 40.4. The monoisotopic (exact) mass is 771 g/mol. The highest BCUT2D eigenvalue weighted by Crippen LogP contribution is 2.62. The molecule has 0 heterocycles. The number of allylic oxidation sites excluding steroid dienone is 3. The molecule has 0 bridgehead atoms. The smallest absolute Gasteiger partial charge is 0.0725 e. The van der Waals surface area contributed by atoms with Crippen LogP contribution >= 0.6 is 0 Å². The number of hydrogen-bond donors (Lipinski definition) is 1. The highest BCUT2D eigenvalue weighted by molar-refractivity contribution is 6.26. The molecule has 13 rings (SSSR count). The van der Waals surface area contributed by atoms with Gasteiger partial charge in [0.25, 0.3) is 0 Å². The maximum atomic E-state index is 9.56. The summed E-state index contributed by atoms with van der Waals surface area (Å²) in [6, 6.07) is 71.1. The molecule has 0 saturated carbocycles. The van der Waals surface area contributed by atoms with Gasteiger partial charge in [-0.25, -0.2) is 0 Å². The van der Waals surface area contributed by atoms with E-state index in [1.807, 2.05) is 12.2 Å². The Morgan fingerprint density at radius 1 is 0.410 bits per heavy atom. The van der Waals surface area contributed by atoms with E-state index >= 15 is 0 Å². The lowest BCUT2D eigenvalue weighted by atomic mass is 9.70. The van der Waals surface area contributed by atoms with Crippen LogP contribution in [0.4, 0.5) is 0 Å². The first-order chi connectivity index (χ1) is 30.1. The van der Waals surface area contributed by atoms with Crippen LogP contribution in [0.3, 0.4) is 0 Å². The van der Waals surface area contributed by atoms with Crippen LogP contribution in [0.5, 0.6) is 0 Å². The molecule has 11 aromatic rings. The van der Waals surface area contributed by atoms with Crippen molar-refractivity contribution in [1.29, 1.82) is 5.41 Å². The van der Waals surface area contributed by atoms with Crippen molar-refractivity contribution < 1.29 is 0 Å². The van der Waals surface area contributed by atoms with E-state index in [-0.39, 0.29) is 0 Å². The average molecular weight is 772 g/mol. The topological polar surface area (TPSA) is 23.9 Å². The molecule has 1 heteroatoms. The third-order valence-electron chi connectivity index (χ3n) is 13.8. The van der Waals surface area contributed by atoms with Gasteiger partial charge in [-0.2, -0.15) is 0 Å². The summed E-state index contributed by atoms with van der Waals surface area (Å²) < 4.78 is 0. The van der Waals surface area contributed by atoms with Crippen molar-refractivity contribution in [1.82, 2.24) is 0 Å². The molecule has 0 unspecified atom stereocenters. The van der Waals surface area contributed by atoms with Gasteiger partial charge in [-0.3, -0.25) is 0 Å². The van der Waals surface area contributed by atoms with Crippen molar-refractivity contribution in [2.24, 2.45) is 0 Å². The highest BCUT2D eigenvalue weighted by atomic mass is 14.5. The normalized spacial score (nSPS) is 13.4. The Bertz CT molecular complexity index is 3560. The van der Waals surface area contributed by atoms with Crippen molar-refractivity contribution in [3.63, 3.8) is 0 Å². The second kappa shape index (κ2) is 12.6. The van der Waals surface area contributed by atoms with Gasteiger partial charge in [-0.05, 0) is 150 Å². The molecule has 61 heavy (non-hydrogen) atoms. The Hall–Kier alpha value is -7.87. The molecule has 0 atom stereocenters. The molecule has 0 radical (unpaired) electrons. The minimum Gasteiger partial charge on any atom is -0.300 e. The van der Waals surface area contributed by atoms with E-state index in [9.17, 15) is 5.41 Å². The fourth-order valence-corrected chi connectivity index (χ4v) is 11.3. The summed E-state index contributed by atoms with van der Waals surface area (Å²) >= 11 is 0. The van der Waals surface area contributed by atoms with Gasteiger partial charge in [-0.1, -0.05) is 189 Å². The second-order valence-corrected chi connectivity index (χ2v) is 16.8. The fraction of sp³-hybridized carbons (Fsp3) is 0.0167. The van der Waals surface area contributed by atoms with E-state index in [0.29, 0.717) is 5.71 Å². The predicted molar refractivity (Wildman–Crippen MR) is 258 cm³/mol. The lowest BCUT2D eigenvalue weighted by Crippen LogP contribution is -2.26. The average Bonchev–Trinajstić information content (AvgIpc) is 3.78. The van der Waals surface area contributed by atoms with E-state index in [4.69, 9.17) is 6.58 Å². The molecule has 2 aliphatic carbocycles. The summed E-state index contributed by atoms with van der Waals surface area (Å²) in [4.78, 5) is 0. The first-order valence-electron chi connectivity index (χ1n) is 21.1. The highest BCUT2D eigenvalue weighted by Gasteiger charge is 2.51. The van der Waals surface area contributed by atoms with E-state index in [0.717, 1.165) is 27.5 Å². The maximum absolute atomic E-state index is 9.56. The van der Waals surface area contributed by atoms with Crippen LogP contribution in [-0.4, -0.2) is 5.71 Å². The Kier molecular flexibility index (Phi) is 7.01. The van der Waals surface area contributed by atoms with E-state index in [1.165, 1.54) is 98.7 Å². The van der Waals surface area contributed by atoms with Crippen LogP contribution in [0.25, 0.3) is 92.8 Å². The quantitative estimate of drug-likeness (QED) is 0.0780. The van der Waals surface area contributed by atoms with Gasteiger partial charge < -0.3 is 5.41 Å². The van der Waals surface area contributed by atoms with E-state index < -0.39 is 5.41 Å². The molecular formula is C60H37N. The number of hydrogen-bond acceptors (Lipinski definition) is 1. The Morgan fingerprint density at radius 2 is 0.869 bits per heavy atom. The molecule has 282 valence electrons. The van der Waals surface area contributed by atoms with Crippen molar-refractivity contribution in [2.75, 3.05) is 0 Å². The number of nitrogens with one attached hydrogen (secondary N) is 1. The van der Waals surface area contributed by atoms with Gasteiger partial charge in [-0.15, -0.1) is 0 Å². The third kappa shape index (κ3) is 4.58. The number of fused-ring (bicyclic) bond motifs is 12. The molecule has 0 aromatic heterocycles. The fourth-order valence-electron chi connectivity index (χ4n) is 11.3. The van der Waals surface area contributed by atoms with E-state index in [2.05, 4.69) is 194 Å². The summed E-state index contributed by atoms with van der Waals surface area (Å²) in [6.45, 7) is 4.70. The second-order valence-electron chi connectivity index (χ2n) is 16.8. The van der Waals surface area contributed by atoms with Crippen molar-refractivity contribution in [3.8, 4) is 33.4 Å². The lowest BCUT2D eigenvalue weighted by Gasteiger charge is -2.30. The van der Waals surface area contributed by atoms with Crippen molar-refractivity contribution in [3.05, 3.63) is 246 Å². The SMILES string of the molecule is C=C(/C=C\C(=N)c1ccc2c(c1)C1(c3ccccc3-c3ccccc31)c1ccccc1-2)c1c2ccccc2c(-c2cc3ccc4cccc5ccc(c2)c3c45)c2ccccc12. The van der Waals surface area contributed by atoms with Gasteiger partial charge in [0.05, 0.1) is 11.1 Å². The minimum absolute atomic E-state index is 0.446. The molecule has 1 nitrogen and oxygen atoms in total. The largest absolute Gasteiger partial charge is 0.300 e. The molecule has 0 fully saturated rings. The zero-order valence-corrected chi connectivity index (χ0v) is 33.3.